The first-order valence-electron chi connectivity index (χ1n) is 6.84. The van der Waals surface area contributed by atoms with Gasteiger partial charge in [0.2, 0.25) is 5.91 Å². The van der Waals surface area contributed by atoms with Gasteiger partial charge < -0.3 is 10.6 Å². The SMILES string of the molecule is CC(C)C(N)C(=O)N(C)Cc1nccc2ccccc12. The minimum absolute atomic E-state index is 0.0465. The van der Waals surface area contributed by atoms with Gasteiger partial charge in [-0.2, -0.15) is 0 Å². The van der Waals surface area contributed by atoms with Gasteiger partial charge in [0.25, 0.3) is 0 Å². The van der Waals surface area contributed by atoms with Crippen LogP contribution in [0.2, 0.25) is 0 Å². The molecule has 1 amide bonds. The largest absolute Gasteiger partial charge is 0.338 e. The van der Waals surface area contributed by atoms with Crippen LogP contribution in [-0.4, -0.2) is 28.9 Å². The maximum atomic E-state index is 12.2. The van der Waals surface area contributed by atoms with Crippen LogP contribution < -0.4 is 5.73 Å². The Morgan fingerprint density at radius 3 is 2.70 bits per heavy atom. The van der Waals surface area contributed by atoms with Gasteiger partial charge in [-0.25, -0.2) is 0 Å². The summed E-state index contributed by atoms with van der Waals surface area (Å²) in [5.74, 6) is 0.0835. The highest BCUT2D eigenvalue weighted by atomic mass is 16.2. The molecule has 1 heterocycles. The summed E-state index contributed by atoms with van der Waals surface area (Å²) < 4.78 is 0. The summed E-state index contributed by atoms with van der Waals surface area (Å²) in [6.45, 7) is 4.37. The molecule has 4 heteroatoms. The van der Waals surface area contributed by atoms with Gasteiger partial charge in [-0.1, -0.05) is 38.1 Å². The van der Waals surface area contributed by atoms with Crippen LogP contribution in [0.15, 0.2) is 36.5 Å². The second-order valence-electron chi connectivity index (χ2n) is 5.44. The minimum atomic E-state index is -0.463. The molecule has 4 nitrogen and oxygen atoms in total. The van der Waals surface area contributed by atoms with Gasteiger partial charge in [-0.05, 0) is 17.4 Å². The molecule has 0 spiro atoms. The fraction of sp³-hybridized carbons (Fsp3) is 0.375. The first-order chi connectivity index (χ1) is 9.50. The van der Waals surface area contributed by atoms with Gasteiger partial charge in [-0.3, -0.25) is 9.78 Å². The zero-order valence-electron chi connectivity index (χ0n) is 12.2. The molecular weight excluding hydrogens is 250 g/mol. The number of rotatable bonds is 4. The van der Waals surface area contributed by atoms with Crippen molar-refractivity contribution in [3.05, 3.63) is 42.2 Å². The van der Waals surface area contributed by atoms with Crippen molar-refractivity contribution < 1.29 is 4.79 Å². The fourth-order valence-corrected chi connectivity index (χ4v) is 2.15. The van der Waals surface area contributed by atoms with Crippen LogP contribution in [0.25, 0.3) is 10.8 Å². The van der Waals surface area contributed by atoms with Gasteiger partial charge in [-0.15, -0.1) is 0 Å². The second-order valence-corrected chi connectivity index (χ2v) is 5.44. The molecule has 1 aromatic heterocycles. The molecule has 20 heavy (non-hydrogen) atoms. The number of hydrogen-bond acceptors (Lipinski definition) is 3. The molecule has 0 radical (unpaired) electrons. The van der Waals surface area contributed by atoms with Gasteiger partial charge >= 0.3 is 0 Å². The lowest BCUT2D eigenvalue weighted by molar-refractivity contribution is -0.132. The molecule has 0 saturated heterocycles. The predicted molar refractivity (Wildman–Crippen MR) is 81.0 cm³/mol. The highest BCUT2D eigenvalue weighted by Gasteiger charge is 2.21. The monoisotopic (exact) mass is 271 g/mol. The van der Waals surface area contributed by atoms with Crippen LogP contribution in [0, 0.1) is 5.92 Å². The Balaban J connectivity index is 2.22. The van der Waals surface area contributed by atoms with Crippen molar-refractivity contribution in [1.82, 2.24) is 9.88 Å². The maximum absolute atomic E-state index is 12.2. The summed E-state index contributed by atoms with van der Waals surface area (Å²) in [4.78, 5) is 18.2. The molecule has 0 bridgehead atoms. The smallest absolute Gasteiger partial charge is 0.239 e. The van der Waals surface area contributed by atoms with E-state index in [2.05, 4.69) is 4.98 Å². The van der Waals surface area contributed by atoms with Gasteiger partial charge in [0.1, 0.15) is 0 Å². The van der Waals surface area contributed by atoms with Crippen molar-refractivity contribution in [2.45, 2.75) is 26.4 Å². The van der Waals surface area contributed by atoms with E-state index in [4.69, 9.17) is 5.73 Å². The molecule has 2 aromatic rings. The van der Waals surface area contributed by atoms with E-state index in [1.807, 2.05) is 44.2 Å². The Morgan fingerprint density at radius 2 is 2.00 bits per heavy atom. The lowest BCUT2D eigenvalue weighted by Crippen LogP contribution is -2.44. The van der Waals surface area contributed by atoms with Gasteiger partial charge in [0, 0.05) is 18.6 Å². The molecule has 0 fully saturated rings. The summed E-state index contributed by atoms with van der Waals surface area (Å²) in [5, 5.41) is 2.21. The summed E-state index contributed by atoms with van der Waals surface area (Å²) in [6, 6.07) is 9.56. The summed E-state index contributed by atoms with van der Waals surface area (Å²) >= 11 is 0. The highest BCUT2D eigenvalue weighted by molar-refractivity contribution is 5.85. The van der Waals surface area contributed by atoms with E-state index >= 15 is 0 Å². The van der Waals surface area contributed by atoms with Crippen molar-refractivity contribution in [2.75, 3.05) is 7.05 Å². The molecule has 1 unspecified atom stereocenters. The number of benzene rings is 1. The molecule has 0 aliphatic heterocycles. The number of aromatic nitrogens is 1. The molecule has 0 aliphatic rings. The van der Waals surface area contributed by atoms with Crippen LogP contribution in [-0.2, 0) is 11.3 Å². The number of hydrogen-bond donors (Lipinski definition) is 1. The third kappa shape index (κ3) is 2.96. The number of carbonyl (C=O) groups excluding carboxylic acids is 1. The third-order valence-electron chi connectivity index (χ3n) is 3.52. The second kappa shape index (κ2) is 6.01. The van der Waals surface area contributed by atoms with E-state index in [-0.39, 0.29) is 11.8 Å². The number of nitrogens with zero attached hydrogens (tertiary/aromatic N) is 2. The summed E-state index contributed by atoms with van der Waals surface area (Å²) in [5.41, 5.74) is 6.81. The minimum Gasteiger partial charge on any atom is -0.338 e. The molecule has 106 valence electrons. The van der Waals surface area contributed by atoms with Crippen LogP contribution in [0.3, 0.4) is 0 Å². The lowest BCUT2D eigenvalue weighted by Gasteiger charge is -2.23. The van der Waals surface area contributed by atoms with E-state index in [9.17, 15) is 4.79 Å². The van der Waals surface area contributed by atoms with Crippen molar-refractivity contribution in [1.29, 1.82) is 0 Å². The molecule has 2 rings (SSSR count). The number of fused-ring (bicyclic) bond motifs is 1. The highest BCUT2D eigenvalue weighted by Crippen LogP contribution is 2.17. The van der Waals surface area contributed by atoms with Gasteiger partial charge in [0.15, 0.2) is 0 Å². The standard InChI is InChI=1S/C16H21N3O/c1-11(2)15(17)16(20)19(3)10-14-13-7-5-4-6-12(13)8-9-18-14/h4-9,11,15H,10,17H2,1-3H3. The van der Waals surface area contributed by atoms with Crippen LogP contribution >= 0.6 is 0 Å². The van der Waals surface area contributed by atoms with E-state index in [1.165, 1.54) is 0 Å². The van der Waals surface area contributed by atoms with E-state index < -0.39 is 6.04 Å². The van der Waals surface area contributed by atoms with Crippen LogP contribution in [0.5, 0.6) is 0 Å². The average Bonchev–Trinajstić information content (AvgIpc) is 2.46. The van der Waals surface area contributed by atoms with Crippen LogP contribution in [0.4, 0.5) is 0 Å². The Bertz CT molecular complexity index is 604. The normalized spacial score (nSPS) is 12.7. The first kappa shape index (κ1) is 14.5. The van der Waals surface area contributed by atoms with E-state index in [1.54, 1.807) is 18.1 Å². The summed E-state index contributed by atoms with van der Waals surface area (Å²) in [7, 11) is 1.77. The Kier molecular flexibility index (Phi) is 4.35. The van der Waals surface area contributed by atoms with Crippen LogP contribution in [0.1, 0.15) is 19.5 Å². The topological polar surface area (TPSA) is 59.2 Å². The van der Waals surface area contributed by atoms with Crippen molar-refractivity contribution in [3.8, 4) is 0 Å². The molecule has 0 aliphatic carbocycles. The molecular formula is C16H21N3O. The zero-order chi connectivity index (χ0) is 14.7. The third-order valence-corrected chi connectivity index (χ3v) is 3.52. The zero-order valence-corrected chi connectivity index (χ0v) is 12.2. The quantitative estimate of drug-likeness (QED) is 0.927. The maximum Gasteiger partial charge on any atom is 0.239 e. The molecule has 1 atom stereocenters. The van der Waals surface area contributed by atoms with E-state index in [0.29, 0.717) is 6.54 Å². The Hall–Kier alpha value is -1.94. The number of carbonyl (C=O) groups is 1. The fourth-order valence-electron chi connectivity index (χ4n) is 2.15. The Labute approximate surface area is 119 Å². The van der Waals surface area contributed by atoms with Gasteiger partial charge in [0.05, 0.1) is 18.3 Å². The molecule has 2 N–H and O–H groups in total. The van der Waals surface area contributed by atoms with Crippen molar-refractivity contribution >= 4 is 16.7 Å². The number of likely N-dealkylation sites (N-methyl/N-ethyl adjacent to an activating group) is 1. The summed E-state index contributed by atoms with van der Waals surface area (Å²) in [6.07, 6.45) is 1.78. The first-order valence-corrected chi connectivity index (χ1v) is 6.84. The number of pyridine rings is 1. The lowest BCUT2D eigenvalue weighted by atomic mass is 10.0. The molecule has 0 saturated carbocycles. The van der Waals surface area contributed by atoms with Crippen molar-refractivity contribution in [3.63, 3.8) is 0 Å². The predicted octanol–water partition coefficient (Wildman–Crippen LogP) is 2.18. The van der Waals surface area contributed by atoms with E-state index in [0.717, 1.165) is 16.5 Å². The van der Waals surface area contributed by atoms with Crippen molar-refractivity contribution in [2.24, 2.45) is 11.7 Å². The Morgan fingerprint density at radius 1 is 1.30 bits per heavy atom. The number of nitrogens with two attached hydrogens (primary N) is 1. The number of amides is 1. The average molecular weight is 271 g/mol. The molecule has 1 aromatic carbocycles.